The normalized spacial score (nSPS) is 62.7. The second-order valence-corrected chi connectivity index (χ2v) is 14.9. The molecule has 0 aromatic heterocycles. The van der Waals surface area contributed by atoms with E-state index in [0.717, 1.165) is 24.2 Å². The number of hydrogen-bond acceptors (Lipinski definition) is 2. The number of rotatable bonds is 0. The van der Waals surface area contributed by atoms with Crippen molar-refractivity contribution in [3.8, 4) is 0 Å². The summed E-state index contributed by atoms with van der Waals surface area (Å²) in [5.41, 5.74) is 2.97. The van der Waals surface area contributed by atoms with Gasteiger partial charge in [0.25, 0.3) is 0 Å². The van der Waals surface area contributed by atoms with Crippen LogP contribution in [0.25, 0.3) is 0 Å². The van der Waals surface area contributed by atoms with E-state index in [-0.39, 0.29) is 11.5 Å². The minimum absolute atomic E-state index is 0.0468. The van der Waals surface area contributed by atoms with Crippen molar-refractivity contribution in [2.24, 2.45) is 56.7 Å². The zero-order chi connectivity index (χ0) is 23.1. The quantitative estimate of drug-likeness (QED) is 0.324. The van der Waals surface area contributed by atoms with Crippen molar-refractivity contribution >= 4 is 0 Å². The molecule has 0 radical (unpaired) electrons. The summed E-state index contributed by atoms with van der Waals surface area (Å²) in [5.74, 6) is 3.55. The largest absolute Gasteiger partial charge is 0.393 e. The fraction of sp³-hybridized carbons (Fsp3) is 0.933. The van der Waals surface area contributed by atoms with Crippen molar-refractivity contribution < 1.29 is 9.84 Å². The van der Waals surface area contributed by atoms with Gasteiger partial charge in [-0.1, -0.05) is 55.0 Å². The molecular weight excluding hydrogens is 392 g/mol. The molecule has 6 fully saturated rings. The molecular formula is C30H48O2. The van der Waals surface area contributed by atoms with Gasteiger partial charge in [-0.25, -0.2) is 0 Å². The number of fused-ring (bicyclic) bond motifs is 9. The van der Waals surface area contributed by atoms with Gasteiger partial charge in [-0.15, -0.1) is 0 Å². The summed E-state index contributed by atoms with van der Waals surface area (Å²) in [5, 5.41) is 10.9. The zero-order valence-corrected chi connectivity index (χ0v) is 21.8. The van der Waals surface area contributed by atoms with Crippen LogP contribution in [0.15, 0.2) is 12.2 Å². The molecule has 0 amide bonds. The Hall–Kier alpha value is -0.340. The first-order valence-corrected chi connectivity index (χ1v) is 13.8. The maximum Gasteiger partial charge on any atom is 0.106 e. The van der Waals surface area contributed by atoms with E-state index in [4.69, 9.17) is 4.74 Å². The van der Waals surface area contributed by atoms with E-state index < -0.39 is 0 Å². The lowest BCUT2D eigenvalue weighted by Crippen LogP contribution is -2.67. The van der Waals surface area contributed by atoms with Gasteiger partial charge in [0.2, 0.25) is 0 Å². The summed E-state index contributed by atoms with van der Waals surface area (Å²) >= 11 is 0. The predicted molar refractivity (Wildman–Crippen MR) is 130 cm³/mol. The highest BCUT2D eigenvalue weighted by atomic mass is 16.6. The Morgan fingerprint density at radius 2 is 1.53 bits per heavy atom. The van der Waals surface area contributed by atoms with Crippen molar-refractivity contribution in [3.05, 3.63) is 12.2 Å². The second-order valence-electron chi connectivity index (χ2n) is 14.9. The van der Waals surface area contributed by atoms with Gasteiger partial charge in [0.15, 0.2) is 0 Å². The maximum atomic E-state index is 10.9. The molecule has 1 heterocycles. The van der Waals surface area contributed by atoms with Gasteiger partial charge in [0.05, 0.1) is 12.2 Å². The molecule has 0 aromatic carbocycles. The number of aliphatic hydroxyl groups excluding tert-OH is 1. The topological polar surface area (TPSA) is 32.8 Å². The van der Waals surface area contributed by atoms with Gasteiger partial charge in [-0.3, -0.25) is 0 Å². The molecule has 1 N–H and O–H groups in total. The third-order valence-corrected chi connectivity index (χ3v) is 13.9. The van der Waals surface area contributed by atoms with Gasteiger partial charge < -0.3 is 9.84 Å². The van der Waals surface area contributed by atoms with Gasteiger partial charge in [-0.2, -0.15) is 0 Å². The van der Waals surface area contributed by atoms with E-state index in [1.165, 1.54) is 50.5 Å². The van der Waals surface area contributed by atoms with E-state index >= 15 is 0 Å². The lowest BCUT2D eigenvalue weighted by Gasteiger charge is -2.73. The van der Waals surface area contributed by atoms with E-state index in [1.54, 1.807) is 0 Å². The molecule has 32 heavy (non-hydrogen) atoms. The molecule has 2 heteroatoms. The van der Waals surface area contributed by atoms with Crippen molar-refractivity contribution in [3.63, 3.8) is 0 Å². The summed E-state index contributed by atoms with van der Waals surface area (Å²) in [7, 11) is 0. The highest BCUT2D eigenvalue weighted by Crippen LogP contribution is 2.77. The summed E-state index contributed by atoms with van der Waals surface area (Å²) in [4.78, 5) is 0. The average Bonchev–Trinajstić information content (AvgIpc) is 3.53. The molecule has 0 spiro atoms. The number of epoxide rings is 1. The Morgan fingerprint density at radius 3 is 2.25 bits per heavy atom. The van der Waals surface area contributed by atoms with E-state index in [1.807, 2.05) is 0 Å². The number of ether oxygens (including phenoxy) is 1. The predicted octanol–water partition coefficient (Wildman–Crippen LogP) is 7.01. The fourth-order valence-corrected chi connectivity index (χ4v) is 11.8. The van der Waals surface area contributed by atoms with E-state index in [2.05, 4.69) is 55.0 Å². The molecule has 180 valence electrons. The molecule has 0 aromatic rings. The van der Waals surface area contributed by atoms with Crippen LogP contribution in [0, 0.1) is 56.7 Å². The molecule has 6 aliphatic rings. The van der Waals surface area contributed by atoms with Crippen molar-refractivity contribution in [2.45, 2.75) is 118 Å². The Balaban J connectivity index is 1.40. The highest BCUT2D eigenvalue weighted by Gasteiger charge is 2.73. The Morgan fingerprint density at radius 1 is 0.812 bits per heavy atom. The van der Waals surface area contributed by atoms with Crippen molar-refractivity contribution in [1.82, 2.24) is 0 Å². The maximum absolute atomic E-state index is 10.9. The molecule has 5 aliphatic carbocycles. The lowest BCUT2D eigenvalue weighted by atomic mass is 9.31. The summed E-state index contributed by atoms with van der Waals surface area (Å²) < 4.78 is 6.27. The zero-order valence-electron chi connectivity index (χ0n) is 21.8. The average molecular weight is 441 g/mol. The van der Waals surface area contributed by atoms with Gasteiger partial charge >= 0.3 is 0 Å². The minimum atomic E-state index is -0.132. The van der Waals surface area contributed by atoms with Crippen LogP contribution >= 0.6 is 0 Å². The van der Waals surface area contributed by atoms with Crippen LogP contribution in [0.1, 0.15) is 99.8 Å². The van der Waals surface area contributed by atoms with Crippen LogP contribution in [-0.2, 0) is 4.74 Å². The van der Waals surface area contributed by atoms with Gasteiger partial charge in [0, 0.05) is 5.41 Å². The van der Waals surface area contributed by atoms with E-state index in [9.17, 15) is 5.11 Å². The molecule has 12 atom stereocenters. The van der Waals surface area contributed by atoms with Crippen LogP contribution in [0.2, 0.25) is 0 Å². The Bertz CT molecular complexity index is 846. The molecule has 0 bridgehead atoms. The van der Waals surface area contributed by atoms with Crippen LogP contribution in [-0.4, -0.2) is 23.4 Å². The second kappa shape index (κ2) is 6.26. The van der Waals surface area contributed by atoms with Crippen LogP contribution in [0.4, 0.5) is 0 Å². The monoisotopic (exact) mass is 440 g/mol. The van der Waals surface area contributed by atoms with Crippen molar-refractivity contribution in [2.75, 3.05) is 0 Å². The van der Waals surface area contributed by atoms with Crippen LogP contribution < -0.4 is 0 Å². The molecule has 1 saturated heterocycles. The van der Waals surface area contributed by atoms with Crippen LogP contribution in [0.3, 0.4) is 0 Å². The molecule has 5 saturated carbocycles. The van der Waals surface area contributed by atoms with Crippen LogP contribution in [0.5, 0.6) is 0 Å². The lowest BCUT2D eigenvalue weighted by molar-refractivity contribution is -0.251. The first-order valence-electron chi connectivity index (χ1n) is 13.8. The molecule has 6 rings (SSSR count). The minimum Gasteiger partial charge on any atom is -0.393 e. The SMILES string of the molecule is C=C1[C@@H](C)[C@@H]2[C@H]3CC[C@@H]4[C@@]5(C)CC[C@H](O)C(C)(C)[C@H]5CC[C@@]4(C)[C@]3(C)CC[C@@]2(C)[C@H]2O[C@@H]12. The first kappa shape index (κ1) is 22.1. The van der Waals surface area contributed by atoms with Gasteiger partial charge in [0.1, 0.15) is 6.10 Å². The smallest absolute Gasteiger partial charge is 0.106 e. The summed E-state index contributed by atoms with van der Waals surface area (Å²) in [6.07, 6.45) is 11.0. The Kier molecular flexibility index (Phi) is 4.33. The molecule has 2 nitrogen and oxygen atoms in total. The van der Waals surface area contributed by atoms with Gasteiger partial charge in [-0.05, 0) is 108 Å². The number of aliphatic hydroxyl groups is 1. The van der Waals surface area contributed by atoms with Crippen molar-refractivity contribution in [1.29, 1.82) is 0 Å². The molecule has 0 unspecified atom stereocenters. The third kappa shape index (κ3) is 2.31. The standard InChI is InChI=1S/C30H48O2/c1-17-18(2)24-25(32-24)28(6)15-16-29(7)19(23(17)28)9-10-21-27(5)13-12-22(31)26(3,4)20(27)11-14-30(21,29)8/h17,19-25,31H,2,9-16H2,1,3-8H3/t17-,19-,20-,21-,22+,23-,24+,25+,27+,28-,29-,30-/m1/s1. The highest BCUT2D eigenvalue weighted by molar-refractivity contribution is 5.30. The molecule has 1 aliphatic heterocycles. The third-order valence-electron chi connectivity index (χ3n) is 13.9. The van der Waals surface area contributed by atoms with E-state index in [0.29, 0.717) is 45.7 Å². The summed E-state index contributed by atoms with van der Waals surface area (Å²) in [6.45, 7) is 22.4. The Labute approximate surface area is 197 Å². The number of hydrogen-bond donors (Lipinski definition) is 1. The first-order chi connectivity index (χ1) is 14.8. The summed E-state index contributed by atoms with van der Waals surface area (Å²) in [6, 6.07) is 0. The fourth-order valence-electron chi connectivity index (χ4n) is 11.8.